The summed E-state index contributed by atoms with van der Waals surface area (Å²) in [7, 11) is 0. The fourth-order valence-corrected chi connectivity index (χ4v) is 1.83. The highest BCUT2D eigenvalue weighted by Crippen LogP contribution is 2.27. The Labute approximate surface area is 112 Å². The number of halogens is 4. The molecule has 0 unspecified atom stereocenters. The van der Waals surface area contributed by atoms with Crippen LogP contribution in [-0.4, -0.2) is 30.1 Å². The first-order valence-corrected chi connectivity index (χ1v) is 5.82. The van der Waals surface area contributed by atoms with E-state index < -0.39 is 11.9 Å². The van der Waals surface area contributed by atoms with Crippen LogP contribution < -0.4 is 5.32 Å². The first-order chi connectivity index (χ1) is 8.88. The Bertz CT molecular complexity index is 552. The number of aliphatic imine (C=N–C) groups is 1. The molecule has 1 aliphatic heterocycles. The first-order valence-electron chi connectivity index (χ1n) is 5.44. The number of nitrogens with zero attached hydrogens (tertiary/aromatic N) is 1. The number of hydrogen-bond acceptors (Lipinski definition) is 3. The van der Waals surface area contributed by atoms with Crippen molar-refractivity contribution in [2.24, 2.45) is 4.99 Å². The molecule has 0 radical (unpaired) electrons. The number of benzene rings is 1. The van der Waals surface area contributed by atoms with E-state index >= 15 is 0 Å². The van der Waals surface area contributed by atoms with E-state index in [2.05, 4.69) is 10.3 Å². The van der Waals surface area contributed by atoms with Gasteiger partial charge in [-0.25, -0.2) is 0 Å². The van der Waals surface area contributed by atoms with Crippen LogP contribution in [0.25, 0.3) is 0 Å². The molecule has 0 aliphatic carbocycles. The zero-order valence-corrected chi connectivity index (χ0v) is 10.4. The SMILES string of the molecule is Oc1ccc(Cl)cc1C1=NCCNC(C(F)(F)F)=C1. The van der Waals surface area contributed by atoms with Crippen molar-refractivity contribution in [1.82, 2.24) is 5.32 Å². The lowest BCUT2D eigenvalue weighted by atomic mass is 10.1. The molecule has 0 spiro atoms. The zero-order chi connectivity index (χ0) is 14.0. The third-order valence-electron chi connectivity index (χ3n) is 2.53. The summed E-state index contributed by atoms with van der Waals surface area (Å²) in [6.07, 6.45) is -3.61. The Hall–Kier alpha value is -1.69. The fourth-order valence-electron chi connectivity index (χ4n) is 1.66. The standard InChI is InChI=1S/C12H10ClF3N2O/c13-7-1-2-10(19)8(5-7)9-6-11(12(14,15)16)18-4-3-17-9/h1-2,5-6,18-19H,3-4H2. The van der Waals surface area contributed by atoms with Crippen molar-refractivity contribution in [3.8, 4) is 5.75 Å². The van der Waals surface area contributed by atoms with Gasteiger partial charge in [-0.3, -0.25) is 4.99 Å². The Morgan fingerprint density at radius 2 is 2.05 bits per heavy atom. The van der Waals surface area contributed by atoms with Gasteiger partial charge >= 0.3 is 6.18 Å². The van der Waals surface area contributed by atoms with Gasteiger partial charge in [0, 0.05) is 17.1 Å². The number of nitrogens with one attached hydrogen (secondary N) is 1. The molecule has 1 aromatic rings. The predicted octanol–water partition coefficient (Wildman–Crippen LogP) is 2.88. The highest BCUT2D eigenvalue weighted by molar-refractivity contribution is 6.31. The van der Waals surface area contributed by atoms with Crippen LogP contribution in [0.15, 0.2) is 35.0 Å². The molecule has 1 aliphatic rings. The van der Waals surface area contributed by atoms with Crippen molar-refractivity contribution in [3.05, 3.63) is 40.6 Å². The van der Waals surface area contributed by atoms with Gasteiger partial charge in [0.15, 0.2) is 0 Å². The number of hydrogen-bond donors (Lipinski definition) is 2. The van der Waals surface area contributed by atoms with Gasteiger partial charge in [-0.2, -0.15) is 13.2 Å². The summed E-state index contributed by atoms with van der Waals surface area (Å²) < 4.78 is 38.1. The van der Waals surface area contributed by atoms with E-state index in [0.29, 0.717) is 5.02 Å². The Kier molecular flexibility index (Phi) is 3.71. The molecule has 1 aromatic carbocycles. The minimum absolute atomic E-state index is 0.0531. The van der Waals surface area contributed by atoms with Gasteiger partial charge < -0.3 is 10.4 Å². The second kappa shape index (κ2) is 5.13. The minimum Gasteiger partial charge on any atom is -0.507 e. The van der Waals surface area contributed by atoms with Gasteiger partial charge in [0.25, 0.3) is 0 Å². The molecule has 102 valence electrons. The summed E-state index contributed by atoms with van der Waals surface area (Å²) in [5, 5.41) is 12.3. The monoisotopic (exact) mass is 290 g/mol. The number of phenolic OH excluding ortho intramolecular Hbond substituents is 1. The van der Waals surface area contributed by atoms with Gasteiger partial charge in [0.05, 0.1) is 12.3 Å². The Morgan fingerprint density at radius 3 is 2.74 bits per heavy atom. The highest BCUT2D eigenvalue weighted by atomic mass is 35.5. The Morgan fingerprint density at radius 1 is 1.32 bits per heavy atom. The van der Waals surface area contributed by atoms with E-state index in [1.807, 2.05) is 0 Å². The normalized spacial score (nSPS) is 16.2. The van der Waals surface area contributed by atoms with E-state index in [4.69, 9.17) is 11.6 Å². The summed E-state index contributed by atoms with van der Waals surface area (Å²) in [4.78, 5) is 4.02. The van der Waals surface area contributed by atoms with Gasteiger partial charge in [-0.15, -0.1) is 0 Å². The molecule has 0 amide bonds. The molecular formula is C12H10ClF3N2O. The average Bonchev–Trinajstić information content (AvgIpc) is 2.57. The zero-order valence-electron chi connectivity index (χ0n) is 9.63. The molecule has 0 bridgehead atoms. The molecule has 0 aromatic heterocycles. The summed E-state index contributed by atoms with van der Waals surface area (Å²) in [6.45, 7) is 0.257. The molecule has 7 heteroatoms. The van der Waals surface area contributed by atoms with Crippen molar-refractivity contribution in [1.29, 1.82) is 0 Å². The summed E-state index contributed by atoms with van der Waals surface area (Å²) >= 11 is 5.78. The number of phenols is 1. The molecule has 0 saturated heterocycles. The average molecular weight is 291 g/mol. The lowest BCUT2D eigenvalue weighted by molar-refractivity contribution is -0.0964. The van der Waals surface area contributed by atoms with Crippen LogP contribution in [0.2, 0.25) is 5.02 Å². The van der Waals surface area contributed by atoms with E-state index in [1.165, 1.54) is 18.2 Å². The maximum absolute atomic E-state index is 12.7. The molecule has 0 saturated carbocycles. The van der Waals surface area contributed by atoms with Crippen LogP contribution in [0.5, 0.6) is 5.75 Å². The number of aromatic hydroxyl groups is 1. The first kappa shape index (κ1) is 13.7. The van der Waals surface area contributed by atoms with Crippen LogP contribution in [0, 0.1) is 0 Å². The Balaban J connectivity index is 2.47. The summed E-state index contributed by atoms with van der Waals surface area (Å²) in [5.74, 6) is -0.164. The molecule has 3 nitrogen and oxygen atoms in total. The van der Waals surface area contributed by atoms with Crippen LogP contribution in [0.1, 0.15) is 5.56 Å². The van der Waals surface area contributed by atoms with Gasteiger partial charge in [-0.1, -0.05) is 11.6 Å². The number of rotatable bonds is 1. The summed E-state index contributed by atoms with van der Waals surface area (Å²) in [5.41, 5.74) is -0.654. The van der Waals surface area contributed by atoms with E-state index in [1.54, 1.807) is 0 Å². The second-order valence-corrected chi connectivity index (χ2v) is 4.35. The topological polar surface area (TPSA) is 44.6 Å². The van der Waals surface area contributed by atoms with Gasteiger partial charge in [-0.05, 0) is 24.3 Å². The quantitative estimate of drug-likeness (QED) is 0.835. The molecular weight excluding hydrogens is 281 g/mol. The lowest BCUT2D eigenvalue weighted by Crippen LogP contribution is -2.27. The largest absolute Gasteiger partial charge is 0.507 e. The number of allylic oxidation sites excluding steroid dienone is 2. The molecule has 0 atom stereocenters. The van der Waals surface area contributed by atoms with Crippen molar-refractivity contribution in [2.75, 3.05) is 13.1 Å². The molecule has 1 heterocycles. The smallest absolute Gasteiger partial charge is 0.430 e. The molecule has 0 fully saturated rings. The van der Waals surface area contributed by atoms with Crippen LogP contribution in [0.3, 0.4) is 0 Å². The van der Waals surface area contributed by atoms with Crippen LogP contribution in [-0.2, 0) is 0 Å². The highest BCUT2D eigenvalue weighted by Gasteiger charge is 2.34. The van der Waals surface area contributed by atoms with E-state index in [0.717, 1.165) is 6.08 Å². The van der Waals surface area contributed by atoms with Crippen molar-refractivity contribution in [2.45, 2.75) is 6.18 Å². The lowest BCUT2D eigenvalue weighted by Gasteiger charge is -2.12. The maximum Gasteiger partial charge on any atom is 0.430 e. The molecule has 19 heavy (non-hydrogen) atoms. The second-order valence-electron chi connectivity index (χ2n) is 3.91. The van der Waals surface area contributed by atoms with Crippen LogP contribution >= 0.6 is 11.6 Å². The summed E-state index contributed by atoms with van der Waals surface area (Å²) in [6, 6.07) is 4.15. The fraction of sp³-hybridized carbons (Fsp3) is 0.250. The molecule has 2 N–H and O–H groups in total. The van der Waals surface area contributed by atoms with Gasteiger partial charge in [0.2, 0.25) is 0 Å². The predicted molar refractivity (Wildman–Crippen MR) is 66.7 cm³/mol. The minimum atomic E-state index is -4.49. The van der Waals surface area contributed by atoms with Gasteiger partial charge in [0.1, 0.15) is 11.4 Å². The maximum atomic E-state index is 12.7. The third kappa shape index (κ3) is 3.20. The van der Waals surface area contributed by atoms with Crippen molar-refractivity contribution in [3.63, 3.8) is 0 Å². The van der Waals surface area contributed by atoms with Crippen molar-refractivity contribution < 1.29 is 18.3 Å². The van der Waals surface area contributed by atoms with E-state index in [-0.39, 0.29) is 30.1 Å². The van der Waals surface area contributed by atoms with Crippen LogP contribution in [0.4, 0.5) is 13.2 Å². The van der Waals surface area contributed by atoms with Crippen molar-refractivity contribution >= 4 is 17.3 Å². The number of alkyl halides is 3. The third-order valence-corrected chi connectivity index (χ3v) is 2.77. The molecule has 2 rings (SSSR count). The van der Waals surface area contributed by atoms with E-state index in [9.17, 15) is 18.3 Å².